The molecule has 1 atom stereocenters. The van der Waals surface area contributed by atoms with Gasteiger partial charge < -0.3 is 5.32 Å². The summed E-state index contributed by atoms with van der Waals surface area (Å²) in [5.74, 6) is -0.964. The summed E-state index contributed by atoms with van der Waals surface area (Å²) in [6.07, 6.45) is 1.12. The molecule has 0 saturated carbocycles. The molecule has 1 rings (SSSR count). The molecule has 0 unspecified atom stereocenters. The van der Waals surface area contributed by atoms with Crippen molar-refractivity contribution in [3.63, 3.8) is 0 Å². The van der Waals surface area contributed by atoms with Crippen LogP contribution in [-0.2, 0) is 6.54 Å². The van der Waals surface area contributed by atoms with Gasteiger partial charge in [0, 0.05) is 6.54 Å². The van der Waals surface area contributed by atoms with E-state index in [-0.39, 0.29) is 0 Å². The highest BCUT2D eigenvalue weighted by atomic mass is 19.2. The van der Waals surface area contributed by atoms with E-state index in [1.54, 1.807) is 6.07 Å². The molecule has 1 aromatic carbocycles. The fourth-order valence-electron chi connectivity index (χ4n) is 1.26. The molecule has 0 fully saturated rings. The van der Waals surface area contributed by atoms with Crippen molar-refractivity contribution >= 4 is 0 Å². The molecule has 1 aromatic rings. The van der Waals surface area contributed by atoms with Crippen LogP contribution in [0.5, 0.6) is 0 Å². The predicted octanol–water partition coefficient (Wildman–Crippen LogP) is 3.10. The first-order valence-corrected chi connectivity index (χ1v) is 5.28. The topological polar surface area (TPSA) is 12.0 Å². The SMILES string of the molecule is CC[C@@H](C)CNCc1ccc(F)c(F)c1. The van der Waals surface area contributed by atoms with Crippen molar-refractivity contribution in [2.24, 2.45) is 5.92 Å². The molecule has 1 nitrogen and oxygen atoms in total. The summed E-state index contributed by atoms with van der Waals surface area (Å²) in [7, 11) is 0. The van der Waals surface area contributed by atoms with Crippen molar-refractivity contribution in [1.29, 1.82) is 0 Å². The number of benzene rings is 1. The van der Waals surface area contributed by atoms with Gasteiger partial charge in [-0.1, -0.05) is 26.3 Å². The summed E-state index contributed by atoms with van der Waals surface area (Å²) < 4.78 is 25.4. The van der Waals surface area contributed by atoms with Gasteiger partial charge in [0.25, 0.3) is 0 Å². The number of halogens is 2. The third-order valence-corrected chi connectivity index (χ3v) is 2.50. The second-order valence-electron chi connectivity index (χ2n) is 3.89. The normalized spacial score (nSPS) is 12.8. The molecule has 0 bridgehead atoms. The fraction of sp³-hybridized carbons (Fsp3) is 0.500. The van der Waals surface area contributed by atoms with E-state index in [1.807, 2.05) is 0 Å². The van der Waals surface area contributed by atoms with Gasteiger partial charge in [0.15, 0.2) is 11.6 Å². The monoisotopic (exact) mass is 213 g/mol. The molecule has 0 aromatic heterocycles. The molecule has 84 valence electrons. The van der Waals surface area contributed by atoms with E-state index in [0.29, 0.717) is 12.5 Å². The van der Waals surface area contributed by atoms with Gasteiger partial charge in [0.05, 0.1) is 0 Å². The number of hydrogen-bond donors (Lipinski definition) is 1. The summed E-state index contributed by atoms with van der Waals surface area (Å²) in [5, 5.41) is 3.21. The first-order chi connectivity index (χ1) is 7.13. The first-order valence-electron chi connectivity index (χ1n) is 5.28. The van der Waals surface area contributed by atoms with E-state index in [4.69, 9.17) is 0 Å². The Kier molecular flexibility index (Phi) is 4.69. The highest BCUT2D eigenvalue weighted by Gasteiger charge is 2.02. The van der Waals surface area contributed by atoms with Crippen molar-refractivity contribution < 1.29 is 8.78 Å². The third kappa shape index (κ3) is 3.96. The first kappa shape index (κ1) is 12.1. The van der Waals surface area contributed by atoms with Crippen LogP contribution >= 0.6 is 0 Å². The number of rotatable bonds is 5. The maximum Gasteiger partial charge on any atom is 0.159 e. The Bertz CT molecular complexity index is 312. The molecule has 0 spiro atoms. The van der Waals surface area contributed by atoms with Gasteiger partial charge in [-0.3, -0.25) is 0 Å². The van der Waals surface area contributed by atoms with E-state index < -0.39 is 11.6 Å². The van der Waals surface area contributed by atoms with Gasteiger partial charge in [0.1, 0.15) is 0 Å². The Morgan fingerprint density at radius 3 is 2.60 bits per heavy atom. The second-order valence-corrected chi connectivity index (χ2v) is 3.89. The lowest BCUT2D eigenvalue weighted by atomic mass is 10.1. The van der Waals surface area contributed by atoms with Crippen LogP contribution in [0.25, 0.3) is 0 Å². The zero-order valence-electron chi connectivity index (χ0n) is 9.19. The Balaban J connectivity index is 2.41. The van der Waals surface area contributed by atoms with Gasteiger partial charge in [0.2, 0.25) is 0 Å². The standard InChI is InChI=1S/C12H17F2N/c1-3-9(2)7-15-8-10-4-5-11(13)12(14)6-10/h4-6,9,15H,3,7-8H2,1-2H3/t9-/m1/s1. The molecular formula is C12H17F2N. The molecule has 1 N–H and O–H groups in total. The summed E-state index contributed by atoms with van der Waals surface area (Å²) >= 11 is 0. The molecule has 0 aliphatic rings. The van der Waals surface area contributed by atoms with Gasteiger partial charge in [-0.2, -0.15) is 0 Å². The van der Waals surface area contributed by atoms with E-state index in [1.165, 1.54) is 6.07 Å². The van der Waals surface area contributed by atoms with Gasteiger partial charge in [-0.25, -0.2) is 8.78 Å². The van der Waals surface area contributed by atoms with Crippen LogP contribution in [0, 0.1) is 17.6 Å². The third-order valence-electron chi connectivity index (χ3n) is 2.50. The maximum absolute atomic E-state index is 12.8. The highest BCUT2D eigenvalue weighted by molar-refractivity contribution is 5.17. The molecule has 0 amide bonds. The average Bonchev–Trinajstić information content (AvgIpc) is 2.23. The molecule has 0 radical (unpaired) electrons. The van der Waals surface area contributed by atoms with Crippen molar-refractivity contribution in [1.82, 2.24) is 5.32 Å². The smallest absolute Gasteiger partial charge is 0.159 e. The minimum Gasteiger partial charge on any atom is -0.312 e. The molecule has 0 aliphatic heterocycles. The van der Waals surface area contributed by atoms with Crippen molar-refractivity contribution in [3.8, 4) is 0 Å². The quantitative estimate of drug-likeness (QED) is 0.792. The number of nitrogens with one attached hydrogen (secondary N) is 1. The summed E-state index contributed by atoms with van der Waals surface area (Å²) in [6.45, 7) is 5.76. The van der Waals surface area contributed by atoms with Gasteiger partial charge in [-0.05, 0) is 30.2 Å². The second kappa shape index (κ2) is 5.81. The van der Waals surface area contributed by atoms with Crippen LogP contribution in [-0.4, -0.2) is 6.54 Å². The van der Waals surface area contributed by atoms with Crippen LogP contribution in [0.4, 0.5) is 8.78 Å². The molecule has 15 heavy (non-hydrogen) atoms. The highest BCUT2D eigenvalue weighted by Crippen LogP contribution is 2.08. The number of hydrogen-bond acceptors (Lipinski definition) is 1. The molecular weight excluding hydrogens is 196 g/mol. The Morgan fingerprint density at radius 2 is 2.00 bits per heavy atom. The molecule has 0 heterocycles. The maximum atomic E-state index is 12.8. The van der Waals surface area contributed by atoms with Crippen molar-refractivity contribution in [2.45, 2.75) is 26.8 Å². The summed E-state index contributed by atoms with van der Waals surface area (Å²) in [6, 6.07) is 4.00. The van der Waals surface area contributed by atoms with E-state index in [9.17, 15) is 8.78 Å². The zero-order chi connectivity index (χ0) is 11.3. The lowest BCUT2D eigenvalue weighted by Crippen LogP contribution is -2.20. The molecule has 0 saturated heterocycles. The van der Waals surface area contributed by atoms with Crippen LogP contribution in [0.3, 0.4) is 0 Å². The van der Waals surface area contributed by atoms with Gasteiger partial charge in [-0.15, -0.1) is 0 Å². The van der Waals surface area contributed by atoms with Crippen molar-refractivity contribution in [2.75, 3.05) is 6.54 Å². The van der Waals surface area contributed by atoms with Crippen LogP contribution in [0.15, 0.2) is 18.2 Å². The Hall–Kier alpha value is -0.960. The summed E-state index contributed by atoms with van der Waals surface area (Å²) in [4.78, 5) is 0. The van der Waals surface area contributed by atoms with E-state index in [2.05, 4.69) is 19.2 Å². The molecule has 0 aliphatic carbocycles. The van der Waals surface area contributed by atoms with Gasteiger partial charge >= 0.3 is 0 Å². The minimum absolute atomic E-state index is 0.585. The predicted molar refractivity (Wildman–Crippen MR) is 57.5 cm³/mol. The Morgan fingerprint density at radius 1 is 1.27 bits per heavy atom. The fourth-order valence-corrected chi connectivity index (χ4v) is 1.26. The molecule has 3 heteroatoms. The average molecular weight is 213 g/mol. The zero-order valence-corrected chi connectivity index (χ0v) is 9.19. The van der Waals surface area contributed by atoms with E-state index >= 15 is 0 Å². The van der Waals surface area contributed by atoms with Crippen molar-refractivity contribution in [3.05, 3.63) is 35.4 Å². The van der Waals surface area contributed by atoms with Crippen LogP contribution < -0.4 is 5.32 Å². The largest absolute Gasteiger partial charge is 0.312 e. The summed E-state index contributed by atoms with van der Waals surface area (Å²) in [5.41, 5.74) is 0.775. The van der Waals surface area contributed by atoms with Crippen LogP contribution in [0.1, 0.15) is 25.8 Å². The lowest BCUT2D eigenvalue weighted by Gasteiger charge is -2.10. The van der Waals surface area contributed by atoms with E-state index in [0.717, 1.165) is 24.6 Å². The van der Waals surface area contributed by atoms with Crippen LogP contribution in [0.2, 0.25) is 0 Å². The minimum atomic E-state index is -0.791. The Labute approximate surface area is 89.5 Å². The lowest BCUT2D eigenvalue weighted by molar-refractivity contribution is 0.492.